The largest absolute Gasteiger partial charge is 0.381 e. The first-order valence-corrected chi connectivity index (χ1v) is 5.80. The number of hydrogen-bond donors (Lipinski definition) is 0. The first-order valence-electron chi connectivity index (χ1n) is 5.01. The Labute approximate surface area is 94.6 Å². The van der Waals surface area contributed by atoms with E-state index < -0.39 is 0 Å². The average molecular weight is 257 g/mol. The Kier molecular flexibility index (Phi) is 5.20. The fourth-order valence-electron chi connectivity index (χ4n) is 1.23. The highest BCUT2D eigenvalue weighted by molar-refractivity contribution is 9.10. The molecule has 0 unspecified atom stereocenters. The van der Waals surface area contributed by atoms with Crippen molar-refractivity contribution in [2.45, 2.75) is 26.7 Å². The van der Waals surface area contributed by atoms with Crippen LogP contribution in [0.4, 0.5) is 0 Å². The minimum absolute atomic E-state index is 1.00. The zero-order valence-electron chi connectivity index (χ0n) is 8.85. The first-order chi connectivity index (χ1) is 6.72. The van der Waals surface area contributed by atoms with Gasteiger partial charge in [-0.3, -0.25) is 0 Å². The van der Waals surface area contributed by atoms with Crippen LogP contribution in [-0.4, -0.2) is 13.2 Å². The normalized spacial score (nSPS) is 14.8. The van der Waals surface area contributed by atoms with Crippen molar-refractivity contribution in [1.82, 2.24) is 0 Å². The fraction of sp³-hybridized carbons (Fsp3) is 0.500. The maximum atomic E-state index is 4.94. The number of aryl methyl sites for hydroxylation is 1. The lowest BCUT2D eigenvalue weighted by Crippen LogP contribution is -1.79. The maximum Gasteiger partial charge on any atom is 0.0466 e. The van der Waals surface area contributed by atoms with Gasteiger partial charge in [0.05, 0.1) is 0 Å². The number of benzene rings is 1. The smallest absolute Gasteiger partial charge is 0.0466 e. The van der Waals surface area contributed by atoms with Gasteiger partial charge in [-0.15, -0.1) is 0 Å². The molecule has 1 aliphatic heterocycles. The minimum Gasteiger partial charge on any atom is -0.381 e. The lowest BCUT2D eigenvalue weighted by Gasteiger charge is -1.99. The van der Waals surface area contributed by atoms with Crippen LogP contribution in [0, 0.1) is 13.8 Å². The summed E-state index contributed by atoms with van der Waals surface area (Å²) in [7, 11) is 0. The molecule has 1 fully saturated rings. The van der Waals surface area contributed by atoms with Crippen LogP contribution in [0.3, 0.4) is 0 Å². The molecule has 2 rings (SSSR count). The van der Waals surface area contributed by atoms with Crippen LogP contribution in [0.5, 0.6) is 0 Å². The fourth-order valence-corrected chi connectivity index (χ4v) is 1.69. The molecule has 1 aromatic rings. The molecule has 14 heavy (non-hydrogen) atoms. The number of ether oxygens (including phenoxy) is 1. The van der Waals surface area contributed by atoms with Gasteiger partial charge in [-0.2, -0.15) is 0 Å². The van der Waals surface area contributed by atoms with Gasteiger partial charge in [-0.25, -0.2) is 0 Å². The van der Waals surface area contributed by atoms with Crippen LogP contribution in [0.1, 0.15) is 24.0 Å². The molecule has 0 N–H and O–H groups in total. The van der Waals surface area contributed by atoms with Crippen molar-refractivity contribution < 1.29 is 4.74 Å². The molecule has 0 aromatic heterocycles. The summed E-state index contributed by atoms with van der Waals surface area (Å²) in [5.41, 5.74) is 2.67. The molecule has 1 aromatic carbocycles. The Morgan fingerprint density at radius 3 is 2.14 bits per heavy atom. The Hall–Kier alpha value is -0.340. The molecule has 0 bridgehead atoms. The molecular weight excluding hydrogens is 240 g/mol. The quantitative estimate of drug-likeness (QED) is 0.685. The van der Waals surface area contributed by atoms with Gasteiger partial charge in [0.15, 0.2) is 0 Å². The maximum absolute atomic E-state index is 4.94. The number of hydrogen-bond acceptors (Lipinski definition) is 1. The van der Waals surface area contributed by atoms with E-state index in [4.69, 9.17) is 4.74 Å². The van der Waals surface area contributed by atoms with Crippen LogP contribution in [0.15, 0.2) is 22.7 Å². The zero-order chi connectivity index (χ0) is 10.4. The lowest BCUT2D eigenvalue weighted by atomic mass is 10.1. The average Bonchev–Trinajstić information content (AvgIpc) is 2.72. The van der Waals surface area contributed by atoms with Crippen molar-refractivity contribution >= 4 is 15.9 Å². The van der Waals surface area contributed by atoms with Gasteiger partial charge < -0.3 is 4.74 Å². The molecule has 2 heteroatoms. The Morgan fingerprint density at radius 1 is 1.14 bits per heavy atom. The Bertz CT molecular complexity index is 252. The minimum atomic E-state index is 1.00. The summed E-state index contributed by atoms with van der Waals surface area (Å²) in [6.45, 7) is 6.22. The highest BCUT2D eigenvalue weighted by Crippen LogP contribution is 2.17. The summed E-state index contributed by atoms with van der Waals surface area (Å²) in [6.07, 6.45) is 2.56. The molecule has 1 aliphatic rings. The van der Waals surface area contributed by atoms with E-state index in [0.717, 1.165) is 13.2 Å². The molecular formula is C12H17BrO. The summed E-state index contributed by atoms with van der Waals surface area (Å²) in [5.74, 6) is 0. The van der Waals surface area contributed by atoms with Crippen LogP contribution in [-0.2, 0) is 4.74 Å². The molecule has 0 atom stereocenters. The highest BCUT2D eigenvalue weighted by atomic mass is 79.9. The zero-order valence-corrected chi connectivity index (χ0v) is 10.4. The second-order valence-corrected chi connectivity index (χ2v) is 4.36. The van der Waals surface area contributed by atoms with Crippen LogP contribution >= 0.6 is 15.9 Å². The highest BCUT2D eigenvalue weighted by Gasteiger charge is 1.95. The first kappa shape index (κ1) is 11.7. The summed E-state index contributed by atoms with van der Waals surface area (Å²) < 4.78 is 6.14. The van der Waals surface area contributed by atoms with Gasteiger partial charge >= 0.3 is 0 Å². The summed E-state index contributed by atoms with van der Waals surface area (Å²) in [4.78, 5) is 0. The van der Waals surface area contributed by atoms with Crippen LogP contribution in [0.2, 0.25) is 0 Å². The molecule has 1 saturated heterocycles. The third-order valence-corrected chi connectivity index (χ3v) is 3.22. The summed E-state index contributed by atoms with van der Waals surface area (Å²) in [5, 5.41) is 0. The van der Waals surface area contributed by atoms with Gasteiger partial charge in [0.1, 0.15) is 0 Å². The molecule has 0 radical (unpaired) electrons. The van der Waals surface area contributed by atoms with Crippen molar-refractivity contribution in [2.24, 2.45) is 0 Å². The van der Waals surface area contributed by atoms with Gasteiger partial charge in [0.25, 0.3) is 0 Å². The van der Waals surface area contributed by atoms with Crippen molar-refractivity contribution in [3.63, 3.8) is 0 Å². The van der Waals surface area contributed by atoms with E-state index in [1.807, 2.05) is 6.07 Å². The number of rotatable bonds is 0. The summed E-state index contributed by atoms with van der Waals surface area (Å²) in [6, 6.07) is 6.22. The monoisotopic (exact) mass is 256 g/mol. The van der Waals surface area contributed by atoms with E-state index in [0.29, 0.717) is 0 Å². The second kappa shape index (κ2) is 6.20. The van der Waals surface area contributed by atoms with Gasteiger partial charge in [0, 0.05) is 17.7 Å². The van der Waals surface area contributed by atoms with E-state index in [2.05, 4.69) is 41.9 Å². The molecule has 0 saturated carbocycles. The Balaban J connectivity index is 0.000000165. The van der Waals surface area contributed by atoms with Crippen molar-refractivity contribution in [2.75, 3.05) is 13.2 Å². The standard InChI is InChI=1S/C8H9Br.C4H8O/c1-6-4-3-5-8(9)7(6)2;1-2-4-5-3-1/h3-5H,1-2H3;1-4H2. The van der Waals surface area contributed by atoms with Crippen molar-refractivity contribution in [1.29, 1.82) is 0 Å². The van der Waals surface area contributed by atoms with Crippen molar-refractivity contribution in [3.8, 4) is 0 Å². The predicted octanol–water partition coefficient (Wildman–Crippen LogP) is 3.86. The molecule has 1 heterocycles. The SMILES string of the molecule is C1CCOC1.Cc1cccc(Br)c1C. The van der Waals surface area contributed by atoms with Gasteiger partial charge in [0.2, 0.25) is 0 Å². The van der Waals surface area contributed by atoms with E-state index >= 15 is 0 Å². The van der Waals surface area contributed by atoms with E-state index in [1.165, 1.54) is 28.4 Å². The Morgan fingerprint density at radius 2 is 1.79 bits per heavy atom. The summed E-state index contributed by atoms with van der Waals surface area (Å²) >= 11 is 3.45. The van der Waals surface area contributed by atoms with E-state index in [-0.39, 0.29) is 0 Å². The van der Waals surface area contributed by atoms with Crippen LogP contribution in [0.25, 0.3) is 0 Å². The van der Waals surface area contributed by atoms with Gasteiger partial charge in [-0.1, -0.05) is 28.1 Å². The van der Waals surface area contributed by atoms with Gasteiger partial charge in [-0.05, 0) is 43.9 Å². The third kappa shape index (κ3) is 3.81. The van der Waals surface area contributed by atoms with Crippen LogP contribution < -0.4 is 0 Å². The second-order valence-electron chi connectivity index (χ2n) is 3.50. The molecule has 1 nitrogen and oxygen atoms in total. The van der Waals surface area contributed by atoms with E-state index in [9.17, 15) is 0 Å². The molecule has 0 spiro atoms. The molecule has 0 amide bonds. The molecule has 0 aliphatic carbocycles. The predicted molar refractivity (Wildman–Crippen MR) is 63.7 cm³/mol. The number of halogens is 1. The molecule has 78 valence electrons. The lowest BCUT2D eigenvalue weighted by molar-refractivity contribution is 0.198. The van der Waals surface area contributed by atoms with Crippen molar-refractivity contribution in [3.05, 3.63) is 33.8 Å². The van der Waals surface area contributed by atoms with E-state index in [1.54, 1.807) is 0 Å². The third-order valence-electron chi connectivity index (χ3n) is 2.37. The topological polar surface area (TPSA) is 9.23 Å².